The Kier molecular flexibility index (Phi) is 4.71. The third-order valence-electron chi connectivity index (χ3n) is 7.03. The number of Topliss-reactive ketones (excluding diaryl/α,β-unsaturated/α-hetero) is 2. The quantitative estimate of drug-likeness (QED) is 0.409. The molecule has 0 unspecified atom stereocenters. The van der Waals surface area contributed by atoms with E-state index in [1.54, 1.807) is 54.6 Å². The molecule has 35 heavy (non-hydrogen) atoms. The molecule has 3 atom stereocenters. The summed E-state index contributed by atoms with van der Waals surface area (Å²) >= 11 is 6.18. The van der Waals surface area contributed by atoms with Crippen LogP contribution in [0.25, 0.3) is 0 Å². The Morgan fingerprint density at radius 2 is 1.49 bits per heavy atom. The zero-order valence-corrected chi connectivity index (χ0v) is 19.2. The number of hydrogen-bond donors (Lipinski definition) is 0. The van der Waals surface area contributed by atoms with Crippen LogP contribution in [0.5, 0.6) is 5.75 Å². The average molecular weight is 488 g/mol. The van der Waals surface area contributed by atoms with Gasteiger partial charge in [0.05, 0.1) is 30.7 Å². The first-order chi connectivity index (χ1) is 16.9. The van der Waals surface area contributed by atoms with Crippen molar-refractivity contribution in [1.82, 2.24) is 0 Å². The van der Waals surface area contributed by atoms with Crippen LogP contribution in [0, 0.1) is 11.8 Å². The van der Waals surface area contributed by atoms with Crippen molar-refractivity contribution in [3.63, 3.8) is 0 Å². The standard InChI is InChI=1S/C27H18ClNO6/c1-34-19-12-11-15(28)13-18(19)29-25(32)20-21(26(29)33)27(35-22(20)14-7-3-2-4-8-14)23(30)16-9-5-6-10-17(16)24(27)31/h2-13,20-22H,1H3/t20-,21+,22+/m0/s1. The lowest BCUT2D eigenvalue weighted by Crippen LogP contribution is -2.51. The second kappa shape index (κ2) is 7.60. The van der Waals surface area contributed by atoms with Gasteiger partial charge in [0.15, 0.2) is 0 Å². The summed E-state index contributed by atoms with van der Waals surface area (Å²) in [4.78, 5) is 56.3. The Balaban J connectivity index is 1.56. The van der Waals surface area contributed by atoms with E-state index in [2.05, 4.69) is 0 Å². The van der Waals surface area contributed by atoms with Crippen LogP contribution in [-0.4, -0.2) is 36.1 Å². The number of carbonyl (C=O) groups excluding carboxylic acids is 4. The molecule has 3 aromatic carbocycles. The predicted molar refractivity (Wildman–Crippen MR) is 126 cm³/mol. The highest BCUT2D eigenvalue weighted by molar-refractivity contribution is 6.37. The molecule has 7 nitrogen and oxygen atoms in total. The first kappa shape index (κ1) is 21.7. The van der Waals surface area contributed by atoms with Crippen molar-refractivity contribution in [2.24, 2.45) is 11.8 Å². The van der Waals surface area contributed by atoms with Gasteiger partial charge in [-0.2, -0.15) is 0 Å². The number of carbonyl (C=O) groups is 4. The van der Waals surface area contributed by atoms with Crippen LogP contribution in [0.1, 0.15) is 32.4 Å². The lowest BCUT2D eigenvalue weighted by molar-refractivity contribution is -0.127. The van der Waals surface area contributed by atoms with Crippen LogP contribution >= 0.6 is 11.6 Å². The first-order valence-electron chi connectivity index (χ1n) is 11.0. The second-order valence-corrected chi connectivity index (χ2v) is 9.16. The smallest absolute Gasteiger partial charge is 0.241 e. The van der Waals surface area contributed by atoms with Gasteiger partial charge in [-0.05, 0) is 23.8 Å². The number of anilines is 1. The maximum absolute atomic E-state index is 14.0. The Morgan fingerprint density at radius 1 is 0.857 bits per heavy atom. The van der Waals surface area contributed by atoms with Crippen molar-refractivity contribution < 1.29 is 28.7 Å². The summed E-state index contributed by atoms with van der Waals surface area (Å²) in [7, 11) is 1.41. The minimum Gasteiger partial charge on any atom is -0.495 e. The lowest BCUT2D eigenvalue weighted by atomic mass is 9.77. The van der Waals surface area contributed by atoms with Crippen LogP contribution < -0.4 is 9.64 Å². The molecule has 0 radical (unpaired) electrons. The SMILES string of the molecule is COc1ccc(Cl)cc1N1C(=O)[C@@H]2[C@@H](c3ccccc3)OC3(C(=O)c4ccccc4C3=O)[C@H]2C1=O. The summed E-state index contributed by atoms with van der Waals surface area (Å²) in [5.41, 5.74) is -1.01. The van der Waals surface area contributed by atoms with Crippen molar-refractivity contribution in [2.75, 3.05) is 12.0 Å². The minimum absolute atomic E-state index is 0.154. The maximum Gasteiger partial charge on any atom is 0.241 e. The van der Waals surface area contributed by atoms with Gasteiger partial charge < -0.3 is 9.47 Å². The third kappa shape index (κ3) is 2.76. The van der Waals surface area contributed by atoms with Gasteiger partial charge in [-0.3, -0.25) is 19.2 Å². The fourth-order valence-electron chi connectivity index (χ4n) is 5.54. The van der Waals surface area contributed by atoms with Gasteiger partial charge in [-0.1, -0.05) is 66.2 Å². The summed E-state index contributed by atoms with van der Waals surface area (Å²) in [6.07, 6.45) is -0.977. The molecule has 0 saturated carbocycles. The molecule has 3 aromatic rings. The van der Waals surface area contributed by atoms with Crippen LogP contribution in [-0.2, 0) is 14.3 Å². The fraction of sp³-hybridized carbons (Fsp3) is 0.185. The number of benzene rings is 3. The van der Waals surface area contributed by atoms with Crippen molar-refractivity contribution >= 4 is 40.7 Å². The Bertz CT molecular complexity index is 1400. The molecule has 2 heterocycles. The molecule has 1 spiro atoms. The van der Waals surface area contributed by atoms with Gasteiger partial charge in [-0.25, -0.2) is 4.90 Å². The van der Waals surface area contributed by atoms with Crippen molar-refractivity contribution in [2.45, 2.75) is 11.7 Å². The summed E-state index contributed by atoms with van der Waals surface area (Å²) in [6.45, 7) is 0. The Labute approximate surface area is 205 Å². The molecule has 2 aliphatic heterocycles. The molecule has 2 amide bonds. The summed E-state index contributed by atoms with van der Waals surface area (Å²) in [6, 6.07) is 19.8. The van der Waals surface area contributed by atoms with Crippen molar-refractivity contribution in [3.05, 3.63) is 94.5 Å². The number of halogens is 1. The zero-order chi connectivity index (χ0) is 24.5. The number of hydrogen-bond acceptors (Lipinski definition) is 6. The molecule has 8 heteroatoms. The summed E-state index contributed by atoms with van der Waals surface area (Å²) in [5, 5.41) is 0.296. The largest absolute Gasteiger partial charge is 0.495 e. The van der Waals surface area contributed by atoms with E-state index in [1.165, 1.54) is 25.3 Å². The molecule has 6 rings (SSSR count). The molecular weight excluding hydrogens is 470 g/mol. The number of rotatable bonds is 3. The van der Waals surface area contributed by atoms with Gasteiger partial charge in [-0.15, -0.1) is 0 Å². The molecule has 174 valence electrons. The van der Waals surface area contributed by atoms with Gasteiger partial charge in [0.1, 0.15) is 5.75 Å². The molecule has 0 bridgehead atoms. The van der Waals surface area contributed by atoms with E-state index in [-0.39, 0.29) is 22.6 Å². The first-order valence-corrected chi connectivity index (χ1v) is 11.4. The second-order valence-electron chi connectivity index (χ2n) is 8.72. The number of ketones is 2. The van der Waals surface area contributed by atoms with E-state index in [4.69, 9.17) is 21.1 Å². The van der Waals surface area contributed by atoms with E-state index < -0.39 is 46.9 Å². The van der Waals surface area contributed by atoms with E-state index in [1.807, 2.05) is 0 Å². The van der Waals surface area contributed by atoms with E-state index in [0.29, 0.717) is 10.6 Å². The fourth-order valence-corrected chi connectivity index (χ4v) is 5.70. The summed E-state index contributed by atoms with van der Waals surface area (Å²) < 4.78 is 11.6. The Hall–Kier alpha value is -3.81. The monoisotopic (exact) mass is 487 g/mol. The van der Waals surface area contributed by atoms with Crippen molar-refractivity contribution in [3.8, 4) is 5.75 Å². The highest BCUT2D eigenvalue weighted by Crippen LogP contribution is 2.58. The van der Waals surface area contributed by atoms with Crippen LogP contribution in [0.4, 0.5) is 5.69 Å². The van der Waals surface area contributed by atoms with Crippen LogP contribution in [0.3, 0.4) is 0 Å². The number of fused-ring (bicyclic) bond motifs is 3. The zero-order valence-electron chi connectivity index (χ0n) is 18.4. The number of methoxy groups -OCH3 is 1. The van der Waals surface area contributed by atoms with Gasteiger partial charge in [0.2, 0.25) is 29.0 Å². The summed E-state index contributed by atoms with van der Waals surface area (Å²) in [5.74, 6) is -4.65. The number of amides is 2. The molecule has 0 N–H and O–H groups in total. The number of ether oxygens (including phenoxy) is 2. The topological polar surface area (TPSA) is 90.0 Å². The van der Waals surface area contributed by atoms with Gasteiger partial charge in [0.25, 0.3) is 0 Å². The van der Waals surface area contributed by atoms with Gasteiger partial charge in [0, 0.05) is 16.1 Å². The van der Waals surface area contributed by atoms with E-state index in [9.17, 15) is 19.2 Å². The highest BCUT2D eigenvalue weighted by Gasteiger charge is 2.74. The minimum atomic E-state index is -2.12. The van der Waals surface area contributed by atoms with Crippen LogP contribution in [0.2, 0.25) is 5.02 Å². The van der Waals surface area contributed by atoms with Crippen molar-refractivity contribution in [1.29, 1.82) is 0 Å². The van der Waals surface area contributed by atoms with E-state index >= 15 is 0 Å². The average Bonchev–Trinajstić information content (AvgIpc) is 3.44. The van der Waals surface area contributed by atoms with Crippen LogP contribution in [0.15, 0.2) is 72.8 Å². The maximum atomic E-state index is 14.0. The number of nitrogens with zero attached hydrogens (tertiary/aromatic N) is 1. The normalized spacial score (nSPS) is 24.3. The predicted octanol–water partition coefficient (Wildman–Crippen LogP) is 4.04. The third-order valence-corrected chi connectivity index (χ3v) is 7.26. The molecule has 0 aromatic heterocycles. The number of imide groups is 1. The molecule has 1 aliphatic carbocycles. The molecular formula is C27H18ClNO6. The lowest BCUT2D eigenvalue weighted by Gasteiger charge is -2.27. The Morgan fingerprint density at radius 3 is 2.11 bits per heavy atom. The molecule has 3 aliphatic rings. The van der Waals surface area contributed by atoms with Gasteiger partial charge >= 0.3 is 0 Å². The molecule has 2 fully saturated rings. The highest BCUT2D eigenvalue weighted by atomic mass is 35.5. The van der Waals surface area contributed by atoms with E-state index in [0.717, 1.165) is 4.90 Å². The molecule has 2 saturated heterocycles.